The summed E-state index contributed by atoms with van der Waals surface area (Å²) in [4.78, 5) is 0. The summed E-state index contributed by atoms with van der Waals surface area (Å²) >= 11 is 0. The minimum absolute atomic E-state index is 0. The summed E-state index contributed by atoms with van der Waals surface area (Å²) in [5.41, 5.74) is 0. The summed E-state index contributed by atoms with van der Waals surface area (Å²) in [6.07, 6.45) is 2.00. The van der Waals surface area contributed by atoms with Crippen molar-refractivity contribution in [2.24, 2.45) is 0 Å². The molecule has 5 heavy (non-hydrogen) atoms. The molecule has 0 aromatic heterocycles. The summed E-state index contributed by atoms with van der Waals surface area (Å²) in [5.74, 6) is 0. The zero-order valence-electron chi connectivity index (χ0n) is 3.58. The van der Waals surface area contributed by atoms with Gasteiger partial charge < -0.3 is 5.48 Å². The van der Waals surface area contributed by atoms with Gasteiger partial charge in [0.15, 0.2) is 0 Å². The van der Waals surface area contributed by atoms with E-state index in [-0.39, 0.29) is 27.2 Å². The van der Waals surface area contributed by atoms with Gasteiger partial charge in [-0.3, -0.25) is 0 Å². The first-order chi connectivity index (χ1) is 1.41. The van der Waals surface area contributed by atoms with Gasteiger partial charge in [-0.25, -0.2) is 0 Å². The molecule has 0 saturated heterocycles. The van der Waals surface area contributed by atoms with Crippen molar-refractivity contribution in [1.29, 1.82) is 0 Å². The summed E-state index contributed by atoms with van der Waals surface area (Å²) < 4.78 is 0. The first-order valence-electron chi connectivity index (χ1n) is 1.15. The van der Waals surface area contributed by atoms with Crippen LogP contribution in [0.1, 0.15) is 13.8 Å². The van der Waals surface area contributed by atoms with Gasteiger partial charge in [0.2, 0.25) is 0 Å². The zero-order chi connectivity index (χ0) is 2.71. The van der Waals surface area contributed by atoms with Crippen LogP contribution in [0, 0.1) is 6.42 Å². The first-order valence-corrected chi connectivity index (χ1v) is 1.15. The zero-order valence-corrected chi connectivity index (χ0v) is 5.14. The summed E-state index contributed by atoms with van der Waals surface area (Å²) in [6.45, 7) is 4.00. The fraction of sp³-hybridized carbons (Fsp3) is 0.667. The summed E-state index contributed by atoms with van der Waals surface area (Å²) in [7, 11) is 0. The van der Waals surface area contributed by atoms with E-state index in [1.807, 2.05) is 20.3 Å². The molecule has 2 heteroatoms. The Morgan fingerprint density at radius 1 is 1.20 bits per heavy atom. The Kier molecular flexibility index (Phi) is 78.0. The van der Waals surface area contributed by atoms with E-state index in [0.717, 1.165) is 0 Å². The van der Waals surface area contributed by atoms with Crippen molar-refractivity contribution < 1.29 is 27.2 Å². The number of hydrogen-bond acceptors (Lipinski definition) is 0. The van der Waals surface area contributed by atoms with Crippen LogP contribution in [0.5, 0.6) is 0 Å². The van der Waals surface area contributed by atoms with Crippen molar-refractivity contribution in [3.63, 3.8) is 0 Å². The molecule has 0 aromatic carbocycles. The normalized spacial score (nSPS) is 3.60. The van der Waals surface area contributed by atoms with Crippen LogP contribution in [-0.4, -0.2) is 5.48 Å². The minimum Gasteiger partial charge on any atom is -0.412 e. The maximum Gasteiger partial charge on any atom is 0 e. The molecule has 0 fully saturated rings. The van der Waals surface area contributed by atoms with Crippen LogP contribution in [0.2, 0.25) is 0 Å². The number of hydrogen-bond donors (Lipinski definition) is 0. The third-order valence-electron chi connectivity index (χ3n) is 0. The fourth-order valence-electron chi connectivity index (χ4n) is 0. The van der Waals surface area contributed by atoms with E-state index >= 15 is 0 Å². The van der Waals surface area contributed by atoms with Gasteiger partial charge in [-0.2, -0.15) is 0 Å². The van der Waals surface area contributed by atoms with Gasteiger partial charge in [-0.05, 0) is 6.42 Å². The number of rotatable bonds is 0. The van der Waals surface area contributed by atoms with Crippen LogP contribution in [0.15, 0.2) is 0 Å². The topological polar surface area (TPSA) is 31.5 Å². The average Bonchev–Trinajstić information content (AvgIpc) is 0.918. The predicted octanol–water partition coefficient (Wildman–Crippen LogP) is 0.403. The molecular weight excluding hydrogens is 99.9 g/mol. The maximum absolute atomic E-state index is 2.00. The SMILES string of the molecule is C[CH]C.O.[Ti]. The smallest absolute Gasteiger partial charge is 0 e. The Hall–Kier alpha value is 0.674. The van der Waals surface area contributed by atoms with Crippen LogP contribution in [0.25, 0.3) is 0 Å². The maximum atomic E-state index is 2.00. The standard InChI is InChI=1S/C3H7.H2O.Ti/c1-3-2;;/h3H,1-2H3;1H2;. The van der Waals surface area contributed by atoms with Gasteiger partial charge in [0.1, 0.15) is 0 Å². The van der Waals surface area contributed by atoms with E-state index in [0.29, 0.717) is 0 Å². The third kappa shape index (κ3) is 73.5. The largest absolute Gasteiger partial charge is 0.412 e. The third-order valence-corrected chi connectivity index (χ3v) is 0. The van der Waals surface area contributed by atoms with Gasteiger partial charge in [0, 0.05) is 21.7 Å². The average molecular weight is 109 g/mol. The van der Waals surface area contributed by atoms with E-state index in [1.54, 1.807) is 0 Å². The Morgan fingerprint density at radius 3 is 1.20 bits per heavy atom. The molecule has 0 heterocycles. The van der Waals surface area contributed by atoms with Crippen LogP contribution < -0.4 is 0 Å². The second-order valence-electron chi connectivity index (χ2n) is 0.577. The molecule has 0 saturated carbocycles. The van der Waals surface area contributed by atoms with Gasteiger partial charge in [-0.1, -0.05) is 13.8 Å². The molecule has 0 unspecified atom stereocenters. The van der Waals surface area contributed by atoms with Crippen LogP contribution in [0.3, 0.4) is 0 Å². The van der Waals surface area contributed by atoms with E-state index in [4.69, 9.17) is 0 Å². The molecule has 0 aromatic rings. The molecule has 1 nitrogen and oxygen atoms in total. The molecule has 1 radical (unpaired) electrons. The molecule has 0 atom stereocenters. The molecule has 0 aliphatic carbocycles. The quantitative estimate of drug-likeness (QED) is 0.403. The summed E-state index contributed by atoms with van der Waals surface area (Å²) in [5, 5.41) is 0. The Labute approximate surface area is 48.0 Å². The molecule has 0 rings (SSSR count). The van der Waals surface area contributed by atoms with Crippen molar-refractivity contribution in [2.45, 2.75) is 13.8 Å². The Bertz CT molecular complexity index is 6.85. The second kappa shape index (κ2) is 22.5. The van der Waals surface area contributed by atoms with Crippen LogP contribution in [0.4, 0.5) is 0 Å². The molecule has 0 spiro atoms. The molecule has 0 amide bonds. The van der Waals surface area contributed by atoms with Crippen molar-refractivity contribution in [2.75, 3.05) is 0 Å². The first kappa shape index (κ1) is 17.3. The molecular formula is C3H9OTi. The van der Waals surface area contributed by atoms with Crippen LogP contribution in [-0.2, 0) is 21.7 Å². The molecule has 0 aliphatic heterocycles. The molecule has 0 aliphatic rings. The van der Waals surface area contributed by atoms with E-state index in [2.05, 4.69) is 0 Å². The van der Waals surface area contributed by atoms with Gasteiger partial charge in [0.05, 0.1) is 0 Å². The van der Waals surface area contributed by atoms with E-state index in [9.17, 15) is 0 Å². The van der Waals surface area contributed by atoms with Crippen LogP contribution >= 0.6 is 0 Å². The molecule has 31 valence electrons. The van der Waals surface area contributed by atoms with Gasteiger partial charge >= 0.3 is 0 Å². The van der Waals surface area contributed by atoms with Gasteiger partial charge in [0.25, 0.3) is 0 Å². The minimum atomic E-state index is 0. The Balaban J connectivity index is -0.0000000200. The summed E-state index contributed by atoms with van der Waals surface area (Å²) in [6, 6.07) is 0. The Morgan fingerprint density at radius 2 is 1.20 bits per heavy atom. The molecule has 2 N–H and O–H groups in total. The van der Waals surface area contributed by atoms with E-state index in [1.165, 1.54) is 0 Å². The van der Waals surface area contributed by atoms with Crippen molar-refractivity contribution in [3.05, 3.63) is 6.42 Å². The predicted molar refractivity (Wildman–Crippen MR) is 19.3 cm³/mol. The second-order valence-corrected chi connectivity index (χ2v) is 0.577. The fourth-order valence-corrected chi connectivity index (χ4v) is 0. The van der Waals surface area contributed by atoms with E-state index < -0.39 is 0 Å². The molecule has 0 bridgehead atoms. The van der Waals surface area contributed by atoms with Crippen molar-refractivity contribution >= 4 is 0 Å². The monoisotopic (exact) mass is 109 g/mol. The van der Waals surface area contributed by atoms with Crippen molar-refractivity contribution in [1.82, 2.24) is 0 Å². The van der Waals surface area contributed by atoms with Crippen molar-refractivity contribution in [3.8, 4) is 0 Å². The van der Waals surface area contributed by atoms with Gasteiger partial charge in [-0.15, -0.1) is 0 Å².